The molecule has 1 aliphatic carbocycles. The normalized spacial score (nSPS) is 16.4. The van der Waals surface area contributed by atoms with Crippen molar-refractivity contribution in [1.82, 2.24) is 0 Å². The minimum Gasteiger partial charge on any atom is -0.375 e. The summed E-state index contributed by atoms with van der Waals surface area (Å²) in [6, 6.07) is 2.00. The minimum atomic E-state index is -0.684. The third-order valence-electron chi connectivity index (χ3n) is 3.02. The average molecular weight is 274 g/mol. The highest BCUT2D eigenvalue weighted by Crippen LogP contribution is 2.36. The van der Waals surface area contributed by atoms with Crippen LogP contribution in [0, 0.1) is 21.8 Å². The molecule has 7 heteroatoms. The first-order chi connectivity index (χ1) is 8.52. The molecule has 0 saturated heterocycles. The van der Waals surface area contributed by atoms with Crippen molar-refractivity contribution < 1.29 is 9.31 Å². The molecule has 0 heterocycles. The van der Waals surface area contributed by atoms with Crippen LogP contribution in [-0.4, -0.2) is 17.5 Å². The molecular weight excluding hydrogens is 261 g/mol. The lowest BCUT2D eigenvalue weighted by molar-refractivity contribution is -0.384. The van der Waals surface area contributed by atoms with Crippen LogP contribution in [0.4, 0.5) is 15.8 Å². The average Bonchev–Trinajstić information content (AvgIpc) is 3.13. The van der Waals surface area contributed by atoms with Gasteiger partial charge in [0.25, 0.3) is 5.69 Å². The molecule has 0 spiro atoms. The van der Waals surface area contributed by atoms with Gasteiger partial charge >= 0.3 is 0 Å². The lowest BCUT2D eigenvalue weighted by Crippen LogP contribution is -2.31. The van der Waals surface area contributed by atoms with Gasteiger partial charge in [-0.25, -0.2) is 4.39 Å². The summed E-state index contributed by atoms with van der Waals surface area (Å²) in [4.78, 5) is 10.3. The Hall–Kier alpha value is -1.40. The van der Waals surface area contributed by atoms with E-state index in [-0.39, 0.29) is 22.4 Å². The van der Waals surface area contributed by atoms with E-state index in [0.29, 0.717) is 12.5 Å². The second-order valence-electron chi connectivity index (χ2n) is 4.36. The van der Waals surface area contributed by atoms with Crippen molar-refractivity contribution in [2.45, 2.75) is 18.9 Å². The van der Waals surface area contributed by atoms with Crippen molar-refractivity contribution in [3.8, 4) is 0 Å². The Morgan fingerprint density at radius 3 is 2.78 bits per heavy atom. The molecule has 1 saturated carbocycles. The van der Waals surface area contributed by atoms with Crippen LogP contribution in [0.2, 0.25) is 5.02 Å². The molecule has 1 aromatic carbocycles. The number of anilines is 1. The van der Waals surface area contributed by atoms with Crippen LogP contribution in [-0.2, 0) is 0 Å². The van der Waals surface area contributed by atoms with Crippen LogP contribution in [0.1, 0.15) is 12.8 Å². The molecule has 98 valence electrons. The standard InChI is InChI=1S/C11H13ClFN3O2/c12-7-3-11(16(17)18)9(4-8(7)13)15-10(5-14)6-1-2-6/h3-4,6,10,15H,1-2,5,14H2. The highest BCUT2D eigenvalue weighted by atomic mass is 35.5. The lowest BCUT2D eigenvalue weighted by atomic mass is 10.1. The molecule has 1 aliphatic rings. The SMILES string of the molecule is NCC(Nc1cc(F)c(Cl)cc1[N+](=O)[O-])C1CC1. The van der Waals surface area contributed by atoms with Crippen LogP contribution in [0.3, 0.4) is 0 Å². The molecule has 0 radical (unpaired) electrons. The van der Waals surface area contributed by atoms with E-state index in [1.165, 1.54) is 0 Å². The second kappa shape index (κ2) is 5.07. The van der Waals surface area contributed by atoms with E-state index in [1.54, 1.807) is 0 Å². The number of halogens is 2. The smallest absolute Gasteiger partial charge is 0.294 e. The van der Waals surface area contributed by atoms with Crippen molar-refractivity contribution in [2.24, 2.45) is 11.7 Å². The van der Waals surface area contributed by atoms with E-state index < -0.39 is 10.7 Å². The number of nitro groups is 1. The fourth-order valence-corrected chi connectivity index (χ4v) is 2.03. The summed E-state index contributed by atoms with van der Waals surface area (Å²) in [5, 5.41) is 13.6. The molecule has 1 aromatic rings. The third-order valence-corrected chi connectivity index (χ3v) is 3.31. The molecule has 2 rings (SSSR count). The second-order valence-corrected chi connectivity index (χ2v) is 4.77. The van der Waals surface area contributed by atoms with Crippen LogP contribution < -0.4 is 11.1 Å². The Morgan fingerprint density at radius 1 is 1.61 bits per heavy atom. The molecule has 0 amide bonds. The first-order valence-corrected chi connectivity index (χ1v) is 6.00. The minimum absolute atomic E-state index is 0.0655. The van der Waals surface area contributed by atoms with Gasteiger partial charge in [0.2, 0.25) is 0 Å². The van der Waals surface area contributed by atoms with Gasteiger partial charge in [0.05, 0.1) is 9.95 Å². The van der Waals surface area contributed by atoms with Gasteiger partial charge in [-0.1, -0.05) is 11.6 Å². The van der Waals surface area contributed by atoms with Crippen LogP contribution in [0.25, 0.3) is 0 Å². The Balaban J connectivity index is 2.29. The summed E-state index contributed by atoms with van der Waals surface area (Å²) in [5.41, 5.74) is 5.50. The predicted octanol–water partition coefficient (Wildman–Crippen LogP) is 2.54. The van der Waals surface area contributed by atoms with Gasteiger partial charge < -0.3 is 11.1 Å². The monoisotopic (exact) mass is 273 g/mol. The number of benzene rings is 1. The van der Waals surface area contributed by atoms with E-state index in [0.717, 1.165) is 25.0 Å². The van der Waals surface area contributed by atoms with E-state index in [4.69, 9.17) is 17.3 Å². The van der Waals surface area contributed by atoms with E-state index in [2.05, 4.69) is 5.32 Å². The van der Waals surface area contributed by atoms with Gasteiger partial charge in [0.15, 0.2) is 0 Å². The number of hydrogen-bond donors (Lipinski definition) is 2. The number of rotatable bonds is 5. The van der Waals surface area contributed by atoms with Gasteiger partial charge in [-0.15, -0.1) is 0 Å². The Morgan fingerprint density at radius 2 is 2.28 bits per heavy atom. The molecule has 1 unspecified atom stereocenters. The van der Waals surface area contributed by atoms with Gasteiger partial charge in [0, 0.05) is 24.7 Å². The summed E-state index contributed by atoms with van der Waals surface area (Å²) < 4.78 is 13.4. The number of nitrogens with zero attached hydrogens (tertiary/aromatic N) is 1. The fourth-order valence-electron chi connectivity index (χ4n) is 1.87. The number of nitrogens with one attached hydrogen (secondary N) is 1. The van der Waals surface area contributed by atoms with Gasteiger partial charge in [0.1, 0.15) is 11.5 Å². The summed E-state index contributed by atoms with van der Waals surface area (Å²) in [6.45, 7) is 0.353. The fraction of sp³-hybridized carbons (Fsp3) is 0.455. The predicted molar refractivity (Wildman–Crippen MR) is 67.3 cm³/mol. The molecule has 0 bridgehead atoms. The Kier molecular flexibility index (Phi) is 3.68. The topological polar surface area (TPSA) is 81.2 Å². The van der Waals surface area contributed by atoms with Crippen LogP contribution in [0.5, 0.6) is 0 Å². The zero-order chi connectivity index (χ0) is 13.3. The molecular formula is C11H13ClFN3O2. The first-order valence-electron chi connectivity index (χ1n) is 5.63. The first kappa shape index (κ1) is 13.0. The quantitative estimate of drug-likeness (QED) is 0.638. The van der Waals surface area contributed by atoms with Crippen molar-refractivity contribution in [3.63, 3.8) is 0 Å². The van der Waals surface area contributed by atoms with E-state index >= 15 is 0 Å². The number of nitrogens with two attached hydrogens (primary N) is 1. The highest BCUT2D eigenvalue weighted by Gasteiger charge is 2.31. The Labute approximate surface area is 108 Å². The van der Waals surface area contributed by atoms with Crippen molar-refractivity contribution >= 4 is 23.0 Å². The van der Waals surface area contributed by atoms with E-state index in [9.17, 15) is 14.5 Å². The summed E-state index contributed by atoms with van der Waals surface area (Å²) in [6.07, 6.45) is 2.08. The summed E-state index contributed by atoms with van der Waals surface area (Å²) in [7, 11) is 0. The number of hydrogen-bond acceptors (Lipinski definition) is 4. The maximum atomic E-state index is 13.4. The van der Waals surface area contributed by atoms with Crippen molar-refractivity contribution in [1.29, 1.82) is 0 Å². The number of nitro benzene ring substituents is 1. The highest BCUT2D eigenvalue weighted by molar-refractivity contribution is 6.31. The van der Waals surface area contributed by atoms with Crippen molar-refractivity contribution in [2.75, 3.05) is 11.9 Å². The van der Waals surface area contributed by atoms with Gasteiger partial charge in [-0.2, -0.15) is 0 Å². The van der Waals surface area contributed by atoms with E-state index in [1.807, 2.05) is 0 Å². The molecule has 18 heavy (non-hydrogen) atoms. The molecule has 3 N–H and O–H groups in total. The lowest BCUT2D eigenvalue weighted by Gasteiger charge is -2.17. The largest absolute Gasteiger partial charge is 0.375 e. The Bertz CT molecular complexity index is 480. The summed E-state index contributed by atoms with van der Waals surface area (Å²) in [5.74, 6) is -0.273. The zero-order valence-corrected chi connectivity index (χ0v) is 10.3. The molecule has 5 nitrogen and oxygen atoms in total. The molecule has 0 aromatic heterocycles. The van der Waals surface area contributed by atoms with Crippen LogP contribution in [0.15, 0.2) is 12.1 Å². The van der Waals surface area contributed by atoms with Crippen LogP contribution >= 0.6 is 11.6 Å². The van der Waals surface area contributed by atoms with Gasteiger partial charge in [-0.05, 0) is 18.8 Å². The third kappa shape index (κ3) is 2.70. The summed E-state index contributed by atoms with van der Waals surface area (Å²) >= 11 is 5.54. The maximum Gasteiger partial charge on any atom is 0.294 e. The van der Waals surface area contributed by atoms with Gasteiger partial charge in [-0.3, -0.25) is 10.1 Å². The zero-order valence-electron chi connectivity index (χ0n) is 9.53. The van der Waals surface area contributed by atoms with Crippen molar-refractivity contribution in [3.05, 3.63) is 33.1 Å². The molecule has 0 aliphatic heterocycles. The molecule has 1 fully saturated rings. The molecule has 1 atom stereocenters. The maximum absolute atomic E-state index is 13.4.